The summed E-state index contributed by atoms with van der Waals surface area (Å²) in [7, 11) is 0. The molecule has 0 fully saturated rings. The average molecular weight is 128 g/mol. The predicted octanol–water partition coefficient (Wildman–Crippen LogP) is -0.258. The quantitative estimate of drug-likeness (QED) is 0.557. The van der Waals surface area contributed by atoms with E-state index in [1.807, 2.05) is 0 Å². The molecule has 0 aliphatic heterocycles. The number of hydrogen-bond donors (Lipinski definition) is 1. The fourth-order valence-corrected chi connectivity index (χ4v) is 0.493. The van der Waals surface area contributed by atoms with Gasteiger partial charge >= 0.3 is 0 Å². The van der Waals surface area contributed by atoms with E-state index < -0.39 is 0 Å². The molecule has 4 nitrogen and oxygen atoms in total. The Labute approximate surface area is 51.3 Å². The molecule has 1 aromatic heterocycles. The molecule has 0 aliphatic rings. The van der Waals surface area contributed by atoms with Crippen molar-refractivity contribution in [3.63, 3.8) is 0 Å². The highest BCUT2D eigenvalue weighted by molar-refractivity contribution is 7.78. The number of nitrogens with one attached hydrogen (secondary N) is 1. The normalized spacial score (nSPS) is 9.00. The number of nitrogens with zero attached hydrogens (tertiary/aromatic N) is 3. The van der Waals surface area contributed by atoms with Gasteiger partial charge in [0.25, 0.3) is 0 Å². The maximum Gasteiger partial charge on any atom is 0.179 e. The van der Waals surface area contributed by atoms with Crippen molar-refractivity contribution < 1.29 is 0 Å². The minimum Gasteiger partial charge on any atom is -0.177 e. The molecule has 0 atom stereocenters. The second kappa shape index (κ2) is 2.46. The minimum absolute atomic E-state index is 0.603. The zero-order valence-corrected chi connectivity index (χ0v) is 4.85. The van der Waals surface area contributed by atoms with Gasteiger partial charge < -0.3 is 0 Å². The van der Waals surface area contributed by atoms with Crippen molar-refractivity contribution >= 4 is 17.6 Å². The summed E-state index contributed by atoms with van der Waals surface area (Å²) in [6, 6.07) is 0. The third kappa shape index (κ3) is 1.06. The van der Waals surface area contributed by atoms with Crippen LogP contribution in [0.5, 0.6) is 0 Å². The third-order valence-corrected chi connectivity index (χ3v) is 0.822. The number of hydrogen-bond acceptors (Lipinski definition) is 4. The van der Waals surface area contributed by atoms with Gasteiger partial charge in [0.2, 0.25) is 0 Å². The van der Waals surface area contributed by atoms with E-state index in [1.165, 1.54) is 0 Å². The summed E-state index contributed by atoms with van der Waals surface area (Å²) in [6.07, 6.45) is 0.603. The zero-order valence-electron chi connectivity index (χ0n) is 4.03. The number of aromatic amines is 1. The molecule has 1 N–H and O–H groups in total. The first kappa shape index (κ1) is 5.30. The van der Waals surface area contributed by atoms with Gasteiger partial charge in [0.1, 0.15) is 0 Å². The molecule has 0 radical (unpaired) electrons. The lowest BCUT2D eigenvalue weighted by atomic mass is 10.5. The molecular weight excluding hydrogens is 124 g/mol. The summed E-state index contributed by atoms with van der Waals surface area (Å²) >= 11 is 4.55. The van der Waals surface area contributed by atoms with Gasteiger partial charge in [0.15, 0.2) is 5.82 Å². The van der Waals surface area contributed by atoms with Gasteiger partial charge in [-0.3, -0.25) is 0 Å². The Kier molecular flexibility index (Phi) is 1.63. The average Bonchev–Trinajstić information content (AvgIpc) is 2.19. The Morgan fingerprint density at radius 1 is 1.75 bits per heavy atom. The van der Waals surface area contributed by atoms with Crippen LogP contribution in [0.25, 0.3) is 0 Å². The molecule has 0 amide bonds. The van der Waals surface area contributed by atoms with Crippen LogP contribution in [0.15, 0.2) is 0 Å². The van der Waals surface area contributed by atoms with Gasteiger partial charge in [-0.1, -0.05) is 17.4 Å². The van der Waals surface area contributed by atoms with E-state index in [9.17, 15) is 0 Å². The van der Waals surface area contributed by atoms with Gasteiger partial charge in [0.05, 0.1) is 0 Å². The van der Waals surface area contributed by atoms with Gasteiger partial charge in [-0.05, 0) is 5.37 Å². The molecule has 0 aliphatic carbocycles. The lowest BCUT2D eigenvalue weighted by molar-refractivity contribution is 0.881. The van der Waals surface area contributed by atoms with Crippen molar-refractivity contribution in [3.8, 4) is 0 Å². The number of rotatable bonds is 2. The second-order valence-corrected chi connectivity index (χ2v) is 1.53. The van der Waals surface area contributed by atoms with Gasteiger partial charge in [-0.15, -0.1) is 10.2 Å². The Morgan fingerprint density at radius 3 is 3.12 bits per heavy atom. The van der Waals surface area contributed by atoms with Crippen LogP contribution in [0.2, 0.25) is 0 Å². The first-order valence-corrected chi connectivity index (χ1v) is 2.56. The summed E-state index contributed by atoms with van der Waals surface area (Å²) in [6.45, 7) is 0. The van der Waals surface area contributed by atoms with Gasteiger partial charge in [-0.2, -0.15) is 5.21 Å². The minimum atomic E-state index is 0.603. The molecule has 0 bridgehead atoms. The van der Waals surface area contributed by atoms with Crippen molar-refractivity contribution in [2.45, 2.75) is 6.42 Å². The van der Waals surface area contributed by atoms with Crippen molar-refractivity contribution in [2.24, 2.45) is 0 Å². The van der Waals surface area contributed by atoms with Crippen LogP contribution in [0.4, 0.5) is 0 Å². The van der Waals surface area contributed by atoms with Crippen molar-refractivity contribution in [2.75, 3.05) is 0 Å². The summed E-state index contributed by atoms with van der Waals surface area (Å²) in [4.78, 5) is 0. The molecule has 42 valence electrons. The van der Waals surface area contributed by atoms with E-state index in [-0.39, 0.29) is 0 Å². The SMILES string of the molecule is S=CCc1nn[nH]n1. The Bertz CT molecular complexity index is 158. The molecule has 1 heterocycles. The molecule has 0 spiro atoms. The summed E-state index contributed by atoms with van der Waals surface area (Å²) in [5, 5.41) is 14.5. The third-order valence-electron chi connectivity index (χ3n) is 0.655. The van der Waals surface area contributed by atoms with E-state index >= 15 is 0 Å². The molecule has 8 heavy (non-hydrogen) atoms. The summed E-state index contributed by atoms with van der Waals surface area (Å²) in [5.74, 6) is 0.639. The van der Waals surface area contributed by atoms with Crippen molar-refractivity contribution in [3.05, 3.63) is 5.82 Å². The lowest BCUT2D eigenvalue weighted by Crippen LogP contribution is -1.86. The standard InChI is InChI=1S/C3H4N4S/c8-2-1-3-4-6-7-5-3/h2H,1H2,(H,4,5,6,7). The summed E-state index contributed by atoms with van der Waals surface area (Å²) in [5.41, 5.74) is 0. The number of thiocarbonyl (C=S) groups is 1. The van der Waals surface area contributed by atoms with E-state index in [2.05, 4.69) is 32.8 Å². The Balaban J connectivity index is 2.62. The van der Waals surface area contributed by atoms with E-state index in [4.69, 9.17) is 0 Å². The first-order chi connectivity index (χ1) is 3.93. The highest BCUT2D eigenvalue weighted by atomic mass is 32.1. The monoisotopic (exact) mass is 128 g/mol. The topological polar surface area (TPSA) is 54.5 Å². The molecule has 5 heteroatoms. The lowest BCUT2D eigenvalue weighted by Gasteiger charge is -1.74. The number of tetrazole rings is 1. The van der Waals surface area contributed by atoms with Crippen LogP contribution in [0, 0.1) is 0 Å². The van der Waals surface area contributed by atoms with E-state index in [0.717, 1.165) is 0 Å². The number of aromatic nitrogens is 4. The zero-order chi connectivity index (χ0) is 5.82. The van der Waals surface area contributed by atoms with Crippen molar-refractivity contribution in [1.29, 1.82) is 0 Å². The fourth-order valence-electron chi connectivity index (χ4n) is 0.344. The molecule has 0 saturated carbocycles. The molecular formula is C3H4N4S. The maximum atomic E-state index is 4.55. The van der Waals surface area contributed by atoms with Gasteiger partial charge in [0, 0.05) is 6.42 Å². The van der Waals surface area contributed by atoms with Crippen LogP contribution in [0.1, 0.15) is 5.82 Å². The predicted molar refractivity (Wildman–Crippen MR) is 31.5 cm³/mol. The molecule has 0 aromatic carbocycles. The van der Waals surface area contributed by atoms with Crippen LogP contribution >= 0.6 is 12.2 Å². The highest BCUT2D eigenvalue weighted by Crippen LogP contribution is 1.79. The molecule has 1 aromatic rings. The van der Waals surface area contributed by atoms with Crippen LogP contribution in [-0.4, -0.2) is 26.0 Å². The first-order valence-electron chi connectivity index (χ1n) is 2.09. The summed E-state index contributed by atoms with van der Waals surface area (Å²) < 4.78 is 0. The molecule has 0 unspecified atom stereocenters. The Morgan fingerprint density at radius 2 is 2.62 bits per heavy atom. The van der Waals surface area contributed by atoms with Crippen LogP contribution in [-0.2, 0) is 6.42 Å². The van der Waals surface area contributed by atoms with Crippen molar-refractivity contribution in [1.82, 2.24) is 20.6 Å². The highest BCUT2D eigenvalue weighted by Gasteiger charge is 1.90. The van der Waals surface area contributed by atoms with E-state index in [0.29, 0.717) is 12.2 Å². The van der Waals surface area contributed by atoms with Gasteiger partial charge in [-0.25, -0.2) is 0 Å². The fraction of sp³-hybridized carbons (Fsp3) is 0.333. The smallest absolute Gasteiger partial charge is 0.177 e. The number of H-pyrrole nitrogens is 1. The largest absolute Gasteiger partial charge is 0.179 e. The molecule has 0 saturated heterocycles. The second-order valence-electron chi connectivity index (χ2n) is 1.20. The Hall–Kier alpha value is -0.840. The van der Waals surface area contributed by atoms with Crippen LogP contribution in [0.3, 0.4) is 0 Å². The van der Waals surface area contributed by atoms with E-state index in [1.54, 1.807) is 5.37 Å². The molecule has 1 rings (SSSR count). The van der Waals surface area contributed by atoms with Crippen LogP contribution < -0.4 is 0 Å². The maximum absolute atomic E-state index is 4.55.